The lowest BCUT2D eigenvalue weighted by atomic mass is 9.97. The fourth-order valence-electron chi connectivity index (χ4n) is 1.73. The monoisotopic (exact) mass is 214 g/mol. The van der Waals surface area contributed by atoms with E-state index in [-0.39, 0.29) is 17.7 Å². The lowest BCUT2D eigenvalue weighted by molar-refractivity contribution is 0.0488. The maximum Gasteiger partial charge on any atom is 0.407 e. The molecule has 0 radical (unpaired) electrons. The Labute approximate surface area is 91.8 Å². The molecular weight excluding hydrogens is 192 g/mol. The van der Waals surface area contributed by atoms with Gasteiger partial charge in [-0.3, -0.25) is 0 Å². The predicted octanol–water partition coefficient (Wildman–Crippen LogP) is 1.65. The van der Waals surface area contributed by atoms with Crippen molar-refractivity contribution >= 4 is 6.09 Å². The van der Waals surface area contributed by atoms with Gasteiger partial charge in [0, 0.05) is 5.54 Å². The van der Waals surface area contributed by atoms with E-state index in [0.29, 0.717) is 0 Å². The Kier molecular flexibility index (Phi) is 3.28. The molecule has 0 aromatic heterocycles. The third-order valence-electron chi connectivity index (χ3n) is 2.58. The molecule has 0 spiro atoms. The first-order valence-corrected chi connectivity index (χ1v) is 5.45. The van der Waals surface area contributed by atoms with E-state index in [1.165, 1.54) is 0 Å². The van der Waals surface area contributed by atoms with Crippen molar-refractivity contribution in [2.75, 3.05) is 6.54 Å². The first-order valence-electron chi connectivity index (χ1n) is 5.45. The summed E-state index contributed by atoms with van der Waals surface area (Å²) in [6, 6.07) is 0.146. The van der Waals surface area contributed by atoms with Crippen molar-refractivity contribution < 1.29 is 9.53 Å². The molecule has 1 aliphatic heterocycles. The SMILES string of the molecule is CC(C)(C)OC(=O)NC1CCNC1(C)C. The largest absolute Gasteiger partial charge is 0.444 e. The van der Waals surface area contributed by atoms with Crippen molar-refractivity contribution in [1.29, 1.82) is 0 Å². The quantitative estimate of drug-likeness (QED) is 0.698. The topological polar surface area (TPSA) is 50.4 Å². The number of hydrogen-bond acceptors (Lipinski definition) is 3. The standard InChI is InChI=1S/C11H22N2O2/c1-10(2,3)15-9(14)13-8-6-7-12-11(8,4)5/h8,12H,6-7H2,1-5H3,(H,13,14). The summed E-state index contributed by atoms with van der Waals surface area (Å²) in [5.74, 6) is 0. The maximum absolute atomic E-state index is 11.5. The summed E-state index contributed by atoms with van der Waals surface area (Å²) in [4.78, 5) is 11.5. The van der Waals surface area contributed by atoms with Gasteiger partial charge in [0.05, 0.1) is 6.04 Å². The van der Waals surface area contributed by atoms with Crippen LogP contribution in [0.1, 0.15) is 41.0 Å². The van der Waals surface area contributed by atoms with Crippen molar-refractivity contribution in [3.8, 4) is 0 Å². The van der Waals surface area contributed by atoms with Gasteiger partial charge in [-0.2, -0.15) is 0 Å². The second-order valence-corrected chi connectivity index (χ2v) is 5.64. The van der Waals surface area contributed by atoms with E-state index in [4.69, 9.17) is 4.74 Å². The van der Waals surface area contributed by atoms with Crippen molar-refractivity contribution in [3.05, 3.63) is 0 Å². The van der Waals surface area contributed by atoms with Crippen LogP contribution in [0.3, 0.4) is 0 Å². The summed E-state index contributed by atoms with van der Waals surface area (Å²) in [5, 5.41) is 6.25. The van der Waals surface area contributed by atoms with Crippen LogP contribution in [0, 0.1) is 0 Å². The molecule has 1 heterocycles. The van der Waals surface area contributed by atoms with Crippen molar-refractivity contribution in [2.24, 2.45) is 0 Å². The highest BCUT2D eigenvalue weighted by Gasteiger charge is 2.35. The van der Waals surface area contributed by atoms with Crippen LogP contribution in [-0.4, -0.2) is 29.8 Å². The fraction of sp³-hybridized carbons (Fsp3) is 0.909. The first-order chi connectivity index (χ1) is 6.71. The highest BCUT2D eigenvalue weighted by atomic mass is 16.6. The Bertz CT molecular complexity index is 243. The molecule has 0 aromatic carbocycles. The molecule has 4 nitrogen and oxygen atoms in total. The molecule has 1 rings (SSSR count). The molecule has 15 heavy (non-hydrogen) atoms. The Balaban J connectivity index is 2.45. The van der Waals surface area contributed by atoms with Gasteiger partial charge in [-0.15, -0.1) is 0 Å². The molecular formula is C11H22N2O2. The van der Waals surface area contributed by atoms with Crippen LogP contribution in [0.25, 0.3) is 0 Å². The van der Waals surface area contributed by atoms with Crippen LogP contribution in [0.15, 0.2) is 0 Å². The van der Waals surface area contributed by atoms with Crippen LogP contribution >= 0.6 is 0 Å². The minimum Gasteiger partial charge on any atom is -0.444 e. The number of carbonyl (C=O) groups excluding carboxylic acids is 1. The van der Waals surface area contributed by atoms with Crippen LogP contribution in [0.2, 0.25) is 0 Å². The summed E-state index contributed by atoms with van der Waals surface area (Å²) >= 11 is 0. The van der Waals surface area contributed by atoms with Crippen molar-refractivity contribution in [1.82, 2.24) is 10.6 Å². The Morgan fingerprint density at radius 1 is 1.47 bits per heavy atom. The predicted molar refractivity (Wildman–Crippen MR) is 59.9 cm³/mol. The lowest BCUT2D eigenvalue weighted by Gasteiger charge is -2.29. The number of hydrogen-bond donors (Lipinski definition) is 2. The first kappa shape index (κ1) is 12.3. The zero-order chi connectivity index (χ0) is 11.7. The lowest BCUT2D eigenvalue weighted by Crippen LogP contribution is -2.51. The summed E-state index contributed by atoms with van der Waals surface area (Å²) in [6.07, 6.45) is 0.621. The molecule has 1 fully saturated rings. The smallest absolute Gasteiger partial charge is 0.407 e. The van der Waals surface area contributed by atoms with Gasteiger partial charge in [0.1, 0.15) is 5.60 Å². The van der Waals surface area contributed by atoms with Gasteiger partial charge in [-0.1, -0.05) is 0 Å². The average molecular weight is 214 g/mol. The van der Waals surface area contributed by atoms with E-state index >= 15 is 0 Å². The third kappa shape index (κ3) is 3.70. The minimum atomic E-state index is -0.430. The molecule has 0 aromatic rings. The van der Waals surface area contributed by atoms with E-state index in [9.17, 15) is 4.79 Å². The normalized spacial score (nSPS) is 25.0. The van der Waals surface area contributed by atoms with E-state index in [1.54, 1.807) is 0 Å². The van der Waals surface area contributed by atoms with Crippen LogP contribution in [0.5, 0.6) is 0 Å². The zero-order valence-electron chi connectivity index (χ0n) is 10.3. The minimum absolute atomic E-state index is 0.0447. The van der Waals surface area contributed by atoms with Crippen LogP contribution in [-0.2, 0) is 4.74 Å². The number of nitrogens with one attached hydrogen (secondary N) is 2. The fourth-order valence-corrected chi connectivity index (χ4v) is 1.73. The number of carbonyl (C=O) groups is 1. The van der Waals surface area contributed by atoms with Gasteiger partial charge in [0.2, 0.25) is 0 Å². The van der Waals surface area contributed by atoms with E-state index in [1.807, 2.05) is 20.8 Å². The van der Waals surface area contributed by atoms with Crippen LogP contribution < -0.4 is 10.6 Å². The van der Waals surface area contributed by atoms with Gasteiger partial charge >= 0.3 is 6.09 Å². The van der Waals surface area contributed by atoms with Gasteiger partial charge < -0.3 is 15.4 Å². The van der Waals surface area contributed by atoms with Crippen molar-refractivity contribution in [3.63, 3.8) is 0 Å². The highest BCUT2D eigenvalue weighted by molar-refractivity contribution is 5.68. The molecule has 1 atom stereocenters. The molecule has 2 N–H and O–H groups in total. The van der Waals surface area contributed by atoms with Crippen molar-refractivity contribution in [2.45, 2.75) is 58.2 Å². The molecule has 1 unspecified atom stereocenters. The van der Waals surface area contributed by atoms with Gasteiger partial charge in [0.25, 0.3) is 0 Å². The molecule has 0 saturated carbocycles. The second kappa shape index (κ2) is 4.00. The number of rotatable bonds is 1. The highest BCUT2D eigenvalue weighted by Crippen LogP contribution is 2.19. The molecule has 1 saturated heterocycles. The van der Waals surface area contributed by atoms with E-state index in [0.717, 1.165) is 13.0 Å². The number of alkyl carbamates (subject to hydrolysis) is 1. The van der Waals surface area contributed by atoms with E-state index in [2.05, 4.69) is 24.5 Å². The molecule has 1 aliphatic rings. The summed E-state index contributed by atoms with van der Waals surface area (Å²) < 4.78 is 5.22. The Morgan fingerprint density at radius 3 is 2.47 bits per heavy atom. The third-order valence-corrected chi connectivity index (χ3v) is 2.58. The zero-order valence-corrected chi connectivity index (χ0v) is 10.3. The molecule has 4 heteroatoms. The van der Waals surface area contributed by atoms with Crippen LogP contribution in [0.4, 0.5) is 4.79 Å². The molecule has 0 bridgehead atoms. The van der Waals surface area contributed by atoms with Gasteiger partial charge in [-0.05, 0) is 47.6 Å². The molecule has 1 amide bonds. The second-order valence-electron chi connectivity index (χ2n) is 5.64. The Hall–Kier alpha value is -0.770. The van der Waals surface area contributed by atoms with Gasteiger partial charge in [-0.25, -0.2) is 4.79 Å². The summed E-state index contributed by atoms with van der Waals surface area (Å²) in [5.41, 5.74) is -0.475. The summed E-state index contributed by atoms with van der Waals surface area (Å²) in [7, 11) is 0. The molecule has 0 aliphatic carbocycles. The number of ether oxygens (including phenoxy) is 1. The summed E-state index contributed by atoms with van der Waals surface area (Å²) in [6.45, 7) is 10.7. The Morgan fingerprint density at radius 2 is 2.07 bits per heavy atom. The maximum atomic E-state index is 11.5. The average Bonchev–Trinajstić information content (AvgIpc) is 2.26. The van der Waals surface area contributed by atoms with Gasteiger partial charge in [0.15, 0.2) is 0 Å². The molecule has 88 valence electrons. The number of amides is 1. The van der Waals surface area contributed by atoms with E-state index < -0.39 is 5.60 Å².